The maximum atomic E-state index is 13.8. The van der Waals surface area contributed by atoms with E-state index in [1.54, 1.807) is 24.3 Å². The van der Waals surface area contributed by atoms with Gasteiger partial charge in [0.2, 0.25) is 10.0 Å². The standard InChI is InChI=1S/C19H22FNO4S/c20-17-8-2-1-5-16(17)11-14(13-22)12-21-26(23,24)18-9-3-6-15-7-4-10-25-19(15)18/h1-3,5-6,8-9,14,21-22H,4,7,10-13H2. The fraction of sp³-hybridized carbons (Fsp3) is 0.368. The summed E-state index contributed by atoms with van der Waals surface area (Å²) in [5, 5.41) is 9.56. The lowest BCUT2D eigenvalue weighted by Gasteiger charge is -2.21. The molecule has 2 aromatic rings. The Morgan fingerprint density at radius 1 is 1.19 bits per heavy atom. The molecule has 0 fully saturated rings. The van der Waals surface area contributed by atoms with Gasteiger partial charge >= 0.3 is 0 Å². The fourth-order valence-corrected chi connectivity index (χ4v) is 4.35. The Bertz CT molecular complexity index is 870. The van der Waals surface area contributed by atoms with Gasteiger partial charge in [0.25, 0.3) is 0 Å². The summed E-state index contributed by atoms with van der Waals surface area (Å²) < 4.78 is 47.3. The smallest absolute Gasteiger partial charge is 0.244 e. The van der Waals surface area contributed by atoms with E-state index < -0.39 is 15.9 Å². The Morgan fingerprint density at radius 3 is 2.77 bits per heavy atom. The van der Waals surface area contributed by atoms with E-state index >= 15 is 0 Å². The summed E-state index contributed by atoms with van der Waals surface area (Å²) in [4.78, 5) is 0.109. The van der Waals surface area contributed by atoms with Gasteiger partial charge in [-0.25, -0.2) is 17.5 Å². The molecule has 0 saturated carbocycles. The van der Waals surface area contributed by atoms with E-state index in [2.05, 4.69) is 4.72 Å². The minimum absolute atomic E-state index is 0.0107. The normalized spacial score (nSPS) is 15.2. The largest absolute Gasteiger partial charge is 0.492 e. The molecular weight excluding hydrogens is 357 g/mol. The van der Waals surface area contributed by atoms with Gasteiger partial charge < -0.3 is 9.84 Å². The van der Waals surface area contributed by atoms with Crippen molar-refractivity contribution in [3.63, 3.8) is 0 Å². The molecule has 5 nitrogen and oxygen atoms in total. The predicted molar refractivity (Wildman–Crippen MR) is 96.1 cm³/mol. The average Bonchev–Trinajstić information content (AvgIpc) is 2.66. The molecule has 0 amide bonds. The molecule has 0 saturated heterocycles. The van der Waals surface area contributed by atoms with Gasteiger partial charge in [-0.2, -0.15) is 0 Å². The van der Waals surface area contributed by atoms with Crippen LogP contribution in [-0.2, 0) is 22.9 Å². The Labute approximate surface area is 152 Å². The highest BCUT2D eigenvalue weighted by molar-refractivity contribution is 7.89. The molecule has 2 N–H and O–H groups in total. The maximum Gasteiger partial charge on any atom is 0.244 e. The second-order valence-electron chi connectivity index (χ2n) is 6.39. The number of rotatable bonds is 7. The maximum absolute atomic E-state index is 13.8. The third-order valence-corrected chi connectivity index (χ3v) is 5.92. The lowest BCUT2D eigenvalue weighted by atomic mass is 10.00. The van der Waals surface area contributed by atoms with Crippen molar-refractivity contribution in [2.45, 2.75) is 24.2 Å². The van der Waals surface area contributed by atoms with Gasteiger partial charge in [-0.05, 0) is 48.4 Å². The van der Waals surface area contributed by atoms with Crippen LogP contribution in [0.25, 0.3) is 0 Å². The third kappa shape index (κ3) is 4.23. The molecule has 1 heterocycles. The highest BCUT2D eigenvalue weighted by atomic mass is 32.2. The number of hydrogen-bond acceptors (Lipinski definition) is 4. The SMILES string of the molecule is O=S(=O)(NCC(CO)Cc1ccccc1F)c1cccc2c1OCCC2. The summed E-state index contributed by atoms with van der Waals surface area (Å²) in [5.74, 6) is -0.387. The first-order chi connectivity index (χ1) is 12.5. The number of aryl methyl sites for hydroxylation is 1. The van der Waals surface area contributed by atoms with Crippen LogP contribution >= 0.6 is 0 Å². The van der Waals surface area contributed by atoms with Gasteiger partial charge in [-0.3, -0.25) is 0 Å². The molecule has 0 aliphatic carbocycles. The number of para-hydroxylation sites is 1. The molecule has 2 aromatic carbocycles. The van der Waals surface area contributed by atoms with Crippen molar-refractivity contribution in [3.05, 3.63) is 59.4 Å². The molecule has 1 unspecified atom stereocenters. The van der Waals surface area contributed by atoms with Gasteiger partial charge in [0.15, 0.2) is 0 Å². The minimum atomic E-state index is -3.79. The van der Waals surface area contributed by atoms with Crippen LogP contribution in [0.3, 0.4) is 0 Å². The first kappa shape index (κ1) is 18.8. The lowest BCUT2D eigenvalue weighted by Crippen LogP contribution is -2.32. The van der Waals surface area contributed by atoms with Crippen molar-refractivity contribution >= 4 is 10.0 Å². The fourth-order valence-electron chi connectivity index (χ4n) is 3.05. The van der Waals surface area contributed by atoms with Crippen LogP contribution in [0.4, 0.5) is 4.39 Å². The number of benzene rings is 2. The summed E-state index contributed by atoms with van der Waals surface area (Å²) in [6, 6.07) is 11.4. The molecule has 1 atom stereocenters. The number of halogens is 1. The summed E-state index contributed by atoms with van der Waals surface area (Å²) in [6.07, 6.45) is 1.89. The van der Waals surface area contributed by atoms with Gasteiger partial charge in [0.1, 0.15) is 16.5 Å². The number of aliphatic hydroxyl groups excluding tert-OH is 1. The molecule has 0 bridgehead atoms. The van der Waals surface area contributed by atoms with Crippen molar-refractivity contribution in [2.75, 3.05) is 19.8 Å². The zero-order valence-corrected chi connectivity index (χ0v) is 15.1. The lowest BCUT2D eigenvalue weighted by molar-refractivity contribution is 0.226. The summed E-state index contributed by atoms with van der Waals surface area (Å²) in [6.45, 7) is 0.253. The van der Waals surface area contributed by atoms with Crippen LogP contribution in [0.5, 0.6) is 5.75 Å². The van der Waals surface area contributed by atoms with Gasteiger partial charge in [0, 0.05) is 13.2 Å². The Balaban J connectivity index is 1.72. The Hall–Kier alpha value is -1.96. The number of fused-ring (bicyclic) bond motifs is 1. The van der Waals surface area contributed by atoms with E-state index in [0.717, 1.165) is 18.4 Å². The summed E-state index contributed by atoms with van der Waals surface area (Å²) in [7, 11) is -3.79. The average molecular weight is 379 g/mol. The van der Waals surface area contributed by atoms with Crippen molar-refractivity contribution in [3.8, 4) is 5.75 Å². The summed E-state index contributed by atoms with van der Waals surface area (Å²) in [5.41, 5.74) is 1.33. The molecule has 3 rings (SSSR count). The monoisotopic (exact) mass is 379 g/mol. The van der Waals surface area contributed by atoms with E-state index in [0.29, 0.717) is 17.9 Å². The topological polar surface area (TPSA) is 75.6 Å². The first-order valence-electron chi connectivity index (χ1n) is 8.60. The highest BCUT2D eigenvalue weighted by Crippen LogP contribution is 2.32. The van der Waals surface area contributed by atoms with Crippen LogP contribution in [-0.4, -0.2) is 33.3 Å². The molecule has 140 valence electrons. The van der Waals surface area contributed by atoms with Crippen LogP contribution < -0.4 is 9.46 Å². The number of sulfonamides is 1. The molecule has 26 heavy (non-hydrogen) atoms. The van der Waals surface area contributed by atoms with Crippen LogP contribution in [0.15, 0.2) is 47.4 Å². The van der Waals surface area contributed by atoms with Crippen molar-refractivity contribution in [1.82, 2.24) is 4.72 Å². The minimum Gasteiger partial charge on any atom is -0.492 e. The van der Waals surface area contributed by atoms with Crippen LogP contribution in [0.1, 0.15) is 17.5 Å². The number of aliphatic hydroxyl groups is 1. The van der Waals surface area contributed by atoms with E-state index in [-0.39, 0.29) is 30.3 Å². The van der Waals surface area contributed by atoms with E-state index in [4.69, 9.17) is 4.74 Å². The molecule has 7 heteroatoms. The number of hydrogen-bond donors (Lipinski definition) is 2. The van der Waals surface area contributed by atoms with E-state index in [1.165, 1.54) is 12.1 Å². The quantitative estimate of drug-likeness (QED) is 0.774. The van der Waals surface area contributed by atoms with Crippen LogP contribution in [0, 0.1) is 11.7 Å². The zero-order chi connectivity index (χ0) is 18.6. The molecular formula is C19H22FNO4S. The predicted octanol–water partition coefficient (Wildman–Crippen LogP) is 2.28. The van der Waals surface area contributed by atoms with Crippen LogP contribution in [0.2, 0.25) is 0 Å². The Morgan fingerprint density at radius 2 is 2.00 bits per heavy atom. The van der Waals surface area contributed by atoms with Gasteiger partial charge in [-0.1, -0.05) is 30.3 Å². The molecule has 0 radical (unpaired) electrons. The van der Waals surface area contributed by atoms with Gasteiger partial charge in [-0.15, -0.1) is 0 Å². The number of ether oxygens (including phenoxy) is 1. The third-order valence-electron chi connectivity index (χ3n) is 4.47. The Kier molecular flexibility index (Phi) is 5.90. The van der Waals surface area contributed by atoms with Crippen molar-refractivity contribution in [2.24, 2.45) is 5.92 Å². The second kappa shape index (κ2) is 8.16. The molecule has 1 aliphatic rings. The number of nitrogens with one attached hydrogen (secondary N) is 1. The molecule has 0 aromatic heterocycles. The molecule has 0 spiro atoms. The molecule has 1 aliphatic heterocycles. The zero-order valence-electron chi connectivity index (χ0n) is 14.3. The second-order valence-corrected chi connectivity index (χ2v) is 8.13. The van der Waals surface area contributed by atoms with Crippen molar-refractivity contribution < 1.29 is 22.7 Å². The van der Waals surface area contributed by atoms with E-state index in [1.807, 2.05) is 6.07 Å². The van der Waals surface area contributed by atoms with Gasteiger partial charge in [0.05, 0.1) is 6.61 Å². The first-order valence-corrected chi connectivity index (χ1v) is 10.1. The van der Waals surface area contributed by atoms with E-state index in [9.17, 15) is 17.9 Å². The summed E-state index contributed by atoms with van der Waals surface area (Å²) >= 11 is 0. The van der Waals surface area contributed by atoms with Crippen molar-refractivity contribution in [1.29, 1.82) is 0 Å². The highest BCUT2D eigenvalue weighted by Gasteiger charge is 2.25.